The van der Waals surface area contributed by atoms with Crippen LogP contribution >= 0.6 is 0 Å². The van der Waals surface area contributed by atoms with Crippen LogP contribution in [0, 0.1) is 15.9 Å². The van der Waals surface area contributed by atoms with E-state index >= 15 is 0 Å². The molecule has 0 spiro atoms. The number of non-ortho nitro benzene ring substituents is 1. The van der Waals surface area contributed by atoms with Crippen molar-refractivity contribution in [1.29, 1.82) is 0 Å². The normalized spacial score (nSPS) is 10.3. The quantitative estimate of drug-likeness (QED) is 0.584. The van der Waals surface area contributed by atoms with E-state index in [1.54, 1.807) is 0 Å². The van der Waals surface area contributed by atoms with E-state index in [-0.39, 0.29) is 11.3 Å². The van der Waals surface area contributed by atoms with Gasteiger partial charge in [-0.15, -0.1) is 0 Å². The molecule has 0 heterocycles. The highest BCUT2D eigenvalue weighted by molar-refractivity contribution is 5.44. The molecule has 1 rings (SSSR count). The molecule has 0 saturated carbocycles. The van der Waals surface area contributed by atoms with Crippen LogP contribution in [0.25, 0.3) is 0 Å². The van der Waals surface area contributed by atoms with Gasteiger partial charge < -0.3 is 10.8 Å². The molecule has 0 aliphatic carbocycles. The molecule has 0 fully saturated rings. The van der Waals surface area contributed by atoms with Gasteiger partial charge in [-0.25, -0.2) is 4.39 Å². The van der Waals surface area contributed by atoms with Crippen LogP contribution in [0.1, 0.15) is 12.0 Å². The highest BCUT2D eigenvalue weighted by Crippen LogP contribution is 2.27. The standard InChI is InChI=1S/C9H11FN2O3/c10-8-5-7(12(14)15)4-6(9(8)13)2-1-3-11/h4-5,13H,1-3,11H2. The van der Waals surface area contributed by atoms with E-state index < -0.39 is 16.5 Å². The third-order valence-corrected chi connectivity index (χ3v) is 1.99. The third kappa shape index (κ3) is 2.63. The zero-order chi connectivity index (χ0) is 11.4. The number of benzene rings is 1. The number of phenolic OH excluding ortho intramolecular Hbond substituents is 1. The third-order valence-electron chi connectivity index (χ3n) is 1.99. The summed E-state index contributed by atoms with van der Waals surface area (Å²) in [4.78, 5) is 9.72. The largest absolute Gasteiger partial charge is 0.505 e. The summed E-state index contributed by atoms with van der Waals surface area (Å²) in [6.07, 6.45) is 0.856. The lowest BCUT2D eigenvalue weighted by Gasteiger charge is -2.04. The Labute approximate surface area is 85.5 Å². The Morgan fingerprint density at radius 1 is 1.53 bits per heavy atom. The molecule has 6 heteroatoms. The van der Waals surface area contributed by atoms with E-state index in [9.17, 15) is 19.6 Å². The molecule has 0 aliphatic heterocycles. The van der Waals surface area contributed by atoms with Crippen LogP contribution in [0.2, 0.25) is 0 Å². The van der Waals surface area contributed by atoms with E-state index in [1.165, 1.54) is 0 Å². The minimum absolute atomic E-state index is 0.215. The maximum Gasteiger partial charge on any atom is 0.272 e. The number of nitrogens with two attached hydrogens (primary N) is 1. The van der Waals surface area contributed by atoms with Crippen LogP contribution in [-0.4, -0.2) is 16.6 Å². The first-order valence-corrected chi connectivity index (χ1v) is 4.42. The minimum atomic E-state index is -0.976. The summed E-state index contributed by atoms with van der Waals surface area (Å²) in [5, 5.41) is 19.7. The zero-order valence-electron chi connectivity index (χ0n) is 7.94. The van der Waals surface area contributed by atoms with Crippen molar-refractivity contribution >= 4 is 5.69 Å². The lowest BCUT2D eigenvalue weighted by molar-refractivity contribution is -0.385. The van der Waals surface area contributed by atoms with E-state index in [0.29, 0.717) is 25.5 Å². The molecule has 0 aliphatic rings. The first-order chi connectivity index (χ1) is 7.06. The van der Waals surface area contributed by atoms with Gasteiger partial charge in [-0.1, -0.05) is 0 Å². The van der Waals surface area contributed by atoms with Crippen molar-refractivity contribution in [3.05, 3.63) is 33.6 Å². The van der Waals surface area contributed by atoms with Gasteiger partial charge in [0.05, 0.1) is 11.0 Å². The van der Waals surface area contributed by atoms with Crippen LogP contribution < -0.4 is 5.73 Å². The molecule has 5 nitrogen and oxygen atoms in total. The van der Waals surface area contributed by atoms with E-state index in [0.717, 1.165) is 6.07 Å². The number of phenols is 1. The van der Waals surface area contributed by atoms with Crippen molar-refractivity contribution in [3.63, 3.8) is 0 Å². The van der Waals surface area contributed by atoms with Crippen LogP contribution in [0.3, 0.4) is 0 Å². The summed E-state index contributed by atoms with van der Waals surface area (Å²) >= 11 is 0. The Balaban J connectivity index is 3.07. The summed E-state index contributed by atoms with van der Waals surface area (Å²) in [6, 6.07) is 1.86. The van der Waals surface area contributed by atoms with Gasteiger partial charge in [0.1, 0.15) is 0 Å². The topological polar surface area (TPSA) is 89.4 Å². The molecule has 0 radical (unpaired) electrons. The lowest BCUT2D eigenvalue weighted by Crippen LogP contribution is -2.01. The molecule has 82 valence electrons. The number of hydrogen-bond acceptors (Lipinski definition) is 4. The predicted molar refractivity (Wildman–Crippen MR) is 52.1 cm³/mol. The Morgan fingerprint density at radius 2 is 2.20 bits per heavy atom. The average Bonchev–Trinajstić information content (AvgIpc) is 2.19. The SMILES string of the molecule is NCCCc1cc([N+](=O)[O-])cc(F)c1O. The number of halogens is 1. The summed E-state index contributed by atoms with van der Waals surface area (Å²) in [5.41, 5.74) is 5.10. The number of aromatic hydroxyl groups is 1. The number of nitro groups is 1. The Hall–Kier alpha value is -1.69. The van der Waals surface area contributed by atoms with Gasteiger partial charge >= 0.3 is 0 Å². The van der Waals surface area contributed by atoms with Gasteiger partial charge in [0.15, 0.2) is 11.6 Å². The summed E-state index contributed by atoms with van der Waals surface area (Å²) in [7, 11) is 0. The number of nitro benzene ring substituents is 1. The first kappa shape index (κ1) is 11.4. The zero-order valence-corrected chi connectivity index (χ0v) is 7.94. The molecule has 1 aromatic rings. The lowest BCUT2D eigenvalue weighted by atomic mass is 10.1. The van der Waals surface area contributed by atoms with Gasteiger partial charge in [-0.2, -0.15) is 0 Å². The number of rotatable bonds is 4. The van der Waals surface area contributed by atoms with Crippen LogP contribution in [0.5, 0.6) is 5.75 Å². The maximum atomic E-state index is 13.0. The minimum Gasteiger partial charge on any atom is -0.505 e. The summed E-state index contributed by atoms with van der Waals surface area (Å²) < 4.78 is 13.0. The molecule has 0 saturated heterocycles. The fraction of sp³-hybridized carbons (Fsp3) is 0.333. The molecule has 0 aromatic heterocycles. The molecule has 0 bridgehead atoms. The second kappa shape index (κ2) is 4.70. The molecule has 0 amide bonds. The van der Waals surface area contributed by atoms with Crippen molar-refractivity contribution in [2.45, 2.75) is 12.8 Å². The molecular formula is C9H11FN2O3. The maximum absolute atomic E-state index is 13.0. The van der Waals surface area contributed by atoms with E-state index in [4.69, 9.17) is 5.73 Å². The second-order valence-corrected chi connectivity index (χ2v) is 3.08. The molecule has 0 atom stereocenters. The van der Waals surface area contributed by atoms with Crippen molar-refractivity contribution in [2.24, 2.45) is 5.73 Å². The van der Waals surface area contributed by atoms with Gasteiger partial charge in [-0.3, -0.25) is 10.1 Å². The monoisotopic (exact) mass is 214 g/mol. The van der Waals surface area contributed by atoms with Crippen molar-refractivity contribution in [2.75, 3.05) is 6.54 Å². The Bertz CT molecular complexity index is 382. The van der Waals surface area contributed by atoms with Gasteiger partial charge in [0.2, 0.25) is 0 Å². The summed E-state index contributed by atoms with van der Waals surface area (Å²) in [6.45, 7) is 0.379. The van der Waals surface area contributed by atoms with Crippen LogP contribution in [0.15, 0.2) is 12.1 Å². The highest BCUT2D eigenvalue weighted by atomic mass is 19.1. The first-order valence-electron chi connectivity index (χ1n) is 4.42. The van der Waals surface area contributed by atoms with Gasteiger partial charge in [0.25, 0.3) is 5.69 Å². The Morgan fingerprint density at radius 3 is 2.73 bits per heavy atom. The molecule has 15 heavy (non-hydrogen) atoms. The molecule has 0 unspecified atom stereocenters. The van der Waals surface area contributed by atoms with Crippen molar-refractivity contribution in [3.8, 4) is 5.75 Å². The molecule has 3 N–H and O–H groups in total. The fourth-order valence-corrected chi connectivity index (χ4v) is 1.23. The van der Waals surface area contributed by atoms with Gasteiger partial charge in [0, 0.05) is 11.6 Å². The fourth-order valence-electron chi connectivity index (χ4n) is 1.23. The van der Waals surface area contributed by atoms with Crippen LogP contribution in [-0.2, 0) is 6.42 Å². The predicted octanol–water partition coefficient (Wildman–Crippen LogP) is 1.33. The summed E-state index contributed by atoms with van der Waals surface area (Å²) in [5.74, 6) is -1.51. The van der Waals surface area contributed by atoms with Crippen LogP contribution in [0.4, 0.5) is 10.1 Å². The number of aryl methyl sites for hydroxylation is 1. The smallest absolute Gasteiger partial charge is 0.272 e. The highest BCUT2D eigenvalue weighted by Gasteiger charge is 2.15. The number of nitrogens with zero attached hydrogens (tertiary/aromatic N) is 1. The van der Waals surface area contributed by atoms with Crippen molar-refractivity contribution < 1.29 is 14.4 Å². The molecule has 1 aromatic carbocycles. The van der Waals surface area contributed by atoms with Gasteiger partial charge in [-0.05, 0) is 19.4 Å². The van der Waals surface area contributed by atoms with E-state index in [2.05, 4.69) is 0 Å². The van der Waals surface area contributed by atoms with E-state index in [1.807, 2.05) is 0 Å². The second-order valence-electron chi connectivity index (χ2n) is 3.08. The molecular weight excluding hydrogens is 203 g/mol. The Kier molecular flexibility index (Phi) is 3.56. The average molecular weight is 214 g/mol. The number of hydrogen-bond donors (Lipinski definition) is 2. The van der Waals surface area contributed by atoms with Crippen molar-refractivity contribution in [1.82, 2.24) is 0 Å².